The highest BCUT2D eigenvalue weighted by Gasteiger charge is 2.43. The van der Waals surface area contributed by atoms with Gasteiger partial charge in [-0.05, 0) is 18.2 Å². The van der Waals surface area contributed by atoms with E-state index in [0.717, 1.165) is 0 Å². The minimum absolute atomic E-state index is 0.181. The Morgan fingerprint density at radius 3 is 2.71 bits per heavy atom. The number of hydrogen-bond acceptors (Lipinski definition) is 9. The van der Waals surface area contributed by atoms with E-state index in [-0.39, 0.29) is 16.9 Å². The zero-order chi connectivity index (χ0) is 24.7. The molecule has 0 bridgehead atoms. The number of methoxy groups -OCH3 is 1. The molecule has 2 atom stereocenters. The number of nitrogens with one attached hydrogen (secondary N) is 2. The number of amides is 1. The fraction of sp³-hybridized carbons (Fsp3) is 0.273. The summed E-state index contributed by atoms with van der Waals surface area (Å²) >= 11 is 0. The fourth-order valence-electron chi connectivity index (χ4n) is 3.70. The fourth-order valence-corrected chi connectivity index (χ4v) is 3.70. The molecular formula is C22H22FN9O3. The molecule has 2 N–H and O–H groups in total. The van der Waals surface area contributed by atoms with Gasteiger partial charge in [-0.2, -0.15) is 0 Å². The van der Waals surface area contributed by atoms with Gasteiger partial charge in [0.1, 0.15) is 11.9 Å². The number of aromatic nitrogens is 6. The summed E-state index contributed by atoms with van der Waals surface area (Å²) in [6.45, 7) is 0. The van der Waals surface area contributed by atoms with Gasteiger partial charge < -0.3 is 20.3 Å². The Morgan fingerprint density at radius 1 is 1.26 bits per heavy atom. The molecule has 5 rings (SSSR count). The monoisotopic (exact) mass is 479 g/mol. The van der Waals surface area contributed by atoms with Crippen molar-refractivity contribution in [3.63, 3.8) is 0 Å². The lowest BCUT2D eigenvalue weighted by Gasteiger charge is -2.16. The third kappa shape index (κ3) is 4.00. The van der Waals surface area contributed by atoms with E-state index in [0.29, 0.717) is 35.3 Å². The number of rotatable bonds is 7. The van der Waals surface area contributed by atoms with Crippen LogP contribution in [0.4, 0.5) is 21.6 Å². The molecule has 35 heavy (non-hydrogen) atoms. The maximum absolute atomic E-state index is 13.5. The van der Waals surface area contributed by atoms with Crippen molar-refractivity contribution in [3.05, 3.63) is 58.8 Å². The summed E-state index contributed by atoms with van der Waals surface area (Å²) in [6.07, 6.45) is 2.27. The van der Waals surface area contributed by atoms with Gasteiger partial charge in [0.2, 0.25) is 5.88 Å². The molecule has 0 radical (unpaired) electrons. The van der Waals surface area contributed by atoms with Crippen molar-refractivity contribution in [1.82, 2.24) is 34.3 Å². The summed E-state index contributed by atoms with van der Waals surface area (Å²) in [5, 5.41) is 18.4. The molecule has 180 valence electrons. The Kier molecular flexibility index (Phi) is 5.51. The molecule has 4 aromatic heterocycles. The predicted molar refractivity (Wildman–Crippen MR) is 125 cm³/mol. The normalized spacial score (nSPS) is 16.7. The Balaban J connectivity index is 1.51. The number of carbonyl (C=O) groups is 1. The minimum atomic E-state index is -1.02. The number of hydrogen-bond donors (Lipinski definition) is 2. The van der Waals surface area contributed by atoms with Crippen LogP contribution in [0, 0.1) is 0 Å². The first-order valence-corrected chi connectivity index (χ1v) is 10.8. The Bertz CT molecular complexity index is 1470. The first kappa shape index (κ1) is 22.3. The maximum Gasteiger partial charge on any atom is 0.280 e. The van der Waals surface area contributed by atoms with E-state index < -0.39 is 18.1 Å². The molecule has 12 nitrogen and oxygen atoms in total. The SMILES string of the molecule is CNc1cc(Nc2cccn(-c3ccc(OC)nn3)c2=O)nn2c(C(=O)N(C)C3CC3F)cnc12. The number of nitrogens with zero attached hydrogens (tertiary/aromatic N) is 7. The third-order valence-corrected chi connectivity index (χ3v) is 5.75. The summed E-state index contributed by atoms with van der Waals surface area (Å²) in [4.78, 5) is 31.7. The van der Waals surface area contributed by atoms with Crippen LogP contribution < -0.4 is 20.9 Å². The van der Waals surface area contributed by atoms with Gasteiger partial charge in [-0.1, -0.05) is 0 Å². The third-order valence-electron chi connectivity index (χ3n) is 5.75. The van der Waals surface area contributed by atoms with Crippen LogP contribution in [0.5, 0.6) is 5.88 Å². The van der Waals surface area contributed by atoms with Gasteiger partial charge in [0.05, 0.1) is 25.0 Å². The van der Waals surface area contributed by atoms with Gasteiger partial charge in [-0.15, -0.1) is 15.3 Å². The highest BCUT2D eigenvalue weighted by atomic mass is 19.1. The second-order valence-electron chi connectivity index (χ2n) is 7.96. The number of ether oxygens (including phenoxy) is 1. The van der Waals surface area contributed by atoms with Crippen LogP contribution in [0.15, 0.2) is 47.5 Å². The lowest BCUT2D eigenvalue weighted by Crippen LogP contribution is -2.31. The van der Waals surface area contributed by atoms with Crippen molar-refractivity contribution in [2.45, 2.75) is 18.6 Å². The first-order chi connectivity index (χ1) is 16.9. The average Bonchev–Trinajstić information content (AvgIpc) is 3.46. The van der Waals surface area contributed by atoms with E-state index in [1.54, 1.807) is 50.6 Å². The molecule has 0 spiro atoms. The van der Waals surface area contributed by atoms with E-state index >= 15 is 0 Å². The average molecular weight is 479 g/mol. The van der Waals surface area contributed by atoms with Crippen molar-refractivity contribution in [2.24, 2.45) is 0 Å². The number of pyridine rings is 1. The minimum Gasteiger partial charge on any atom is -0.480 e. The van der Waals surface area contributed by atoms with E-state index in [2.05, 4.69) is 30.9 Å². The second kappa shape index (κ2) is 8.66. The van der Waals surface area contributed by atoms with E-state index in [1.165, 1.54) is 27.3 Å². The van der Waals surface area contributed by atoms with Crippen LogP contribution in [0.2, 0.25) is 0 Å². The standard InChI is InChI=1S/C22H22FN9O3/c1-24-14-10-17(29-32-16(11-25-20(14)32)22(34)30(2)15-9-12(15)23)26-13-5-4-8-31(21(13)33)18-6-7-19(35-3)28-27-18/h4-8,10-12,15,24H,9H2,1-3H3,(H,26,29). The quantitative estimate of drug-likeness (QED) is 0.406. The zero-order valence-corrected chi connectivity index (χ0v) is 19.1. The Hall–Kier alpha value is -4.55. The summed E-state index contributed by atoms with van der Waals surface area (Å²) in [6, 6.07) is 7.72. The van der Waals surface area contributed by atoms with Gasteiger partial charge in [-0.3, -0.25) is 14.2 Å². The molecule has 0 saturated heterocycles. The lowest BCUT2D eigenvalue weighted by atomic mass is 10.3. The van der Waals surface area contributed by atoms with Crippen molar-refractivity contribution < 1.29 is 13.9 Å². The van der Waals surface area contributed by atoms with Crippen molar-refractivity contribution >= 4 is 28.7 Å². The highest BCUT2D eigenvalue weighted by Crippen LogP contribution is 2.31. The highest BCUT2D eigenvalue weighted by molar-refractivity contribution is 5.94. The maximum atomic E-state index is 13.5. The molecule has 0 aromatic carbocycles. The van der Waals surface area contributed by atoms with Crippen LogP contribution in [0.3, 0.4) is 0 Å². The van der Waals surface area contributed by atoms with Gasteiger partial charge in [0, 0.05) is 38.8 Å². The molecule has 4 aromatic rings. The summed E-state index contributed by atoms with van der Waals surface area (Å²) in [5.74, 6) is 0.542. The molecular weight excluding hydrogens is 457 g/mol. The molecule has 0 aliphatic heterocycles. The molecule has 4 heterocycles. The molecule has 1 aliphatic carbocycles. The molecule has 13 heteroatoms. The van der Waals surface area contributed by atoms with Crippen molar-refractivity contribution in [3.8, 4) is 11.7 Å². The number of halogens is 1. The molecule has 1 saturated carbocycles. The number of imidazole rings is 1. The van der Waals surface area contributed by atoms with Crippen molar-refractivity contribution in [1.29, 1.82) is 0 Å². The van der Waals surface area contributed by atoms with E-state index in [9.17, 15) is 14.0 Å². The smallest absolute Gasteiger partial charge is 0.280 e. The van der Waals surface area contributed by atoms with Gasteiger partial charge in [0.25, 0.3) is 11.5 Å². The van der Waals surface area contributed by atoms with Crippen LogP contribution in [0.25, 0.3) is 11.5 Å². The van der Waals surface area contributed by atoms with Crippen LogP contribution >= 0.6 is 0 Å². The van der Waals surface area contributed by atoms with Crippen molar-refractivity contribution in [2.75, 3.05) is 31.8 Å². The van der Waals surface area contributed by atoms with E-state index in [4.69, 9.17) is 4.74 Å². The summed E-state index contributed by atoms with van der Waals surface area (Å²) in [7, 11) is 4.74. The number of anilines is 3. The van der Waals surface area contributed by atoms with Gasteiger partial charge >= 0.3 is 0 Å². The topological polar surface area (TPSA) is 132 Å². The molecule has 1 aliphatic rings. The largest absolute Gasteiger partial charge is 0.480 e. The Morgan fingerprint density at radius 2 is 2.06 bits per heavy atom. The van der Waals surface area contributed by atoms with Gasteiger partial charge in [-0.25, -0.2) is 13.9 Å². The number of alkyl halides is 1. The molecule has 1 fully saturated rings. The lowest BCUT2D eigenvalue weighted by molar-refractivity contribution is 0.0765. The number of carbonyl (C=O) groups excluding carboxylic acids is 1. The van der Waals surface area contributed by atoms with Gasteiger partial charge in [0.15, 0.2) is 23.0 Å². The second-order valence-corrected chi connectivity index (χ2v) is 7.96. The van der Waals surface area contributed by atoms with Crippen LogP contribution in [-0.2, 0) is 0 Å². The molecule has 1 amide bonds. The Labute approximate surface area is 198 Å². The number of fused-ring (bicyclic) bond motifs is 1. The van der Waals surface area contributed by atoms with E-state index in [1.807, 2.05) is 0 Å². The summed E-state index contributed by atoms with van der Waals surface area (Å²) < 4.78 is 21.2. The zero-order valence-electron chi connectivity index (χ0n) is 19.1. The van der Waals surface area contributed by atoms with Crippen LogP contribution in [-0.4, -0.2) is 73.6 Å². The molecule has 2 unspecified atom stereocenters. The first-order valence-electron chi connectivity index (χ1n) is 10.8. The summed E-state index contributed by atoms with van der Waals surface area (Å²) in [5.41, 5.74) is 1.02. The van der Waals surface area contributed by atoms with Crippen LogP contribution in [0.1, 0.15) is 16.9 Å². The predicted octanol–water partition coefficient (Wildman–Crippen LogP) is 1.65.